The van der Waals surface area contributed by atoms with Gasteiger partial charge in [0.25, 0.3) is 10.0 Å². The van der Waals surface area contributed by atoms with Crippen LogP contribution in [0.3, 0.4) is 0 Å². The monoisotopic (exact) mass is 323 g/mol. The smallest absolute Gasteiger partial charge is 0.383 e. The average molecular weight is 323 g/mol. The Kier molecular flexibility index (Phi) is 4.16. The topological polar surface area (TPSA) is 71.1 Å². The number of halogens is 3. The molecule has 1 heterocycles. The molecule has 0 amide bonds. The van der Waals surface area contributed by atoms with Crippen LogP contribution in [0.15, 0.2) is 23.4 Å². The number of aromatic nitrogens is 1. The molecular weight excluding hydrogens is 307 g/mol. The molecule has 0 bridgehead atoms. The standard InChI is InChI=1S/C12H16F3N3O2S/c1-2-7-16-9-4-3-8-17-10(9)21(19,20)18-11(5-6-11)12(13,14)15/h3-4,8,16,18H,2,5-7H2,1H3. The van der Waals surface area contributed by atoms with Crippen molar-refractivity contribution in [1.82, 2.24) is 9.71 Å². The fraction of sp³-hybridized carbons (Fsp3) is 0.583. The third-order valence-corrected chi connectivity index (χ3v) is 4.71. The highest BCUT2D eigenvalue weighted by atomic mass is 32.2. The van der Waals surface area contributed by atoms with Gasteiger partial charge in [-0.25, -0.2) is 13.4 Å². The van der Waals surface area contributed by atoms with Gasteiger partial charge in [0.2, 0.25) is 0 Å². The molecule has 0 aromatic carbocycles. The number of hydrogen-bond donors (Lipinski definition) is 2. The van der Waals surface area contributed by atoms with E-state index in [2.05, 4.69) is 10.3 Å². The summed E-state index contributed by atoms with van der Waals surface area (Å²) in [5.74, 6) is 0. The molecule has 0 aliphatic heterocycles. The minimum atomic E-state index is -4.61. The van der Waals surface area contributed by atoms with Crippen LogP contribution in [0.2, 0.25) is 0 Å². The van der Waals surface area contributed by atoms with Crippen molar-refractivity contribution in [3.05, 3.63) is 18.3 Å². The lowest BCUT2D eigenvalue weighted by Crippen LogP contribution is -2.48. The molecule has 1 aliphatic rings. The van der Waals surface area contributed by atoms with E-state index in [1.54, 1.807) is 4.72 Å². The van der Waals surface area contributed by atoms with E-state index in [9.17, 15) is 21.6 Å². The van der Waals surface area contributed by atoms with E-state index in [0.29, 0.717) is 6.54 Å². The normalized spacial score (nSPS) is 17.5. The summed E-state index contributed by atoms with van der Waals surface area (Å²) in [5, 5.41) is 2.44. The molecular formula is C12H16F3N3O2S. The van der Waals surface area contributed by atoms with Crippen molar-refractivity contribution in [3.63, 3.8) is 0 Å². The van der Waals surface area contributed by atoms with Crippen molar-refractivity contribution in [2.45, 2.75) is 42.9 Å². The average Bonchev–Trinajstić information content (AvgIpc) is 3.16. The van der Waals surface area contributed by atoms with Crippen molar-refractivity contribution in [2.75, 3.05) is 11.9 Å². The van der Waals surface area contributed by atoms with Crippen LogP contribution in [-0.2, 0) is 10.0 Å². The SMILES string of the molecule is CCCNc1cccnc1S(=O)(=O)NC1(C(F)(F)F)CC1. The summed E-state index contributed by atoms with van der Waals surface area (Å²) in [7, 11) is -4.34. The van der Waals surface area contributed by atoms with Gasteiger partial charge in [-0.15, -0.1) is 0 Å². The third kappa shape index (κ3) is 3.29. The fourth-order valence-electron chi connectivity index (χ4n) is 1.87. The van der Waals surface area contributed by atoms with Gasteiger partial charge in [-0.2, -0.15) is 17.9 Å². The van der Waals surface area contributed by atoms with E-state index in [4.69, 9.17) is 0 Å². The molecule has 5 nitrogen and oxygen atoms in total. The van der Waals surface area contributed by atoms with Gasteiger partial charge in [-0.1, -0.05) is 6.92 Å². The Balaban J connectivity index is 2.29. The molecule has 1 fully saturated rings. The maximum Gasteiger partial charge on any atom is 0.407 e. The second-order valence-electron chi connectivity index (χ2n) is 4.97. The molecule has 1 aromatic heterocycles. The Morgan fingerprint density at radius 1 is 1.38 bits per heavy atom. The number of sulfonamides is 1. The molecule has 0 radical (unpaired) electrons. The van der Waals surface area contributed by atoms with Crippen LogP contribution in [0.5, 0.6) is 0 Å². The maximum atomic E-state index is 12.9. The fourth-order valence-corrected chi connectivity index (χ4v) is 3.43. The number of rotatable bonds is 6. The molecule has 21 heavy (non-hydrogen) atoms. The lowest BCUT2D eigenvalue weighted by atomic mass is 10.3. The van der Waals surface area contributed by atoms with Crippen LogP contribution >= 0.6 is 0 Å². The number of pyridine rings is 1. The highest BCUT2D eigenvalue weighted by Gasteiger charge is 2.65. The van der Waals surface area contributed by atoms with Crippen molar-refractivity contribution >= 4 is 15.7 Å². The summed E-state index contributed by atoms with van der Waals surface area (Å²) in [6.45, 7) is 2.39. The molecule has 2 rings (SSSR count). The van der Waals surface area contributed by atoms with E-state index in [-0.39, 0.29) is 18.5 Å². The predicted molar refractivity (Wildman–Crippen MR) is 71.4 cm³/mol. The number of nitrogens with one attached hydrogen (secondary N) is 2. The van der Waals surface area contributed by atoms with Gasteiger partial charge >= 0.3 is 6.18 Å². The summed E-state index contributed by atoms with van der Waals surface area (Å²) in [5.41, 5.74) is -2.14. The van der Waals surface area contributed by atoms with E-state index >= 15 is 0 Å². The quantitative estimate of drug-likeness (QED) is 0.842. The van der Waals surface area contributed by atoms with Crippen LogP contribution < -0.4 is 10.0 Å². The Bertz CT molecular complexity index is 612. The molecule has 0 unspecified atom stereocenters. The molecule has 1 aromatic rings. The molecule has 0 spiro atoms. The van der Waals surface area contributed by atoms with Crippen molar-refractivity contribution in [3.8, 4) is 0 Å². The Hall–Kier alpha value is -1.35. The molecule has 118 valence electrons. The molecule has 1 aliphatic carbocycles. The van der Waals surface area contributed by atoms with Gasteiger partial charge < -0.3 is 5.32 Å². The van der Waals surface area contributed by atoms with Crippen LogP contribution in [0, 0.1) is 0 Å². The second-order valence-corrected chi connectivity index (χ2v) is 6.57. The lowest BCUT2D eigenvalue weighted by molar-refractivity contribution is -0.160. The van der Waals surface area contributed by atoms with E-state index < -0.39 is 26.8 Å². The van der Waals surface area contributed by atoms with E-state index in [0.717, 1.165) is 6.42 Å². The zero-order valence-corrected chi connectivity index (χ0v) is 12.2. The summed E-state index contributed by atoms with van der Waals surface area (Å²) in [6.07, 6.45) is -3.13. The Labute approximate surface area is 121 Å². The largest absolute Gasteiger partial charge is 0.407 e. The second kappa shape index (κ2) is 5.45. The summed E-state index contributed by atoms with van der Waals surface area (Å²) < 4.78 is 64.8. The predicted octanol–water partition coefficient (Wildman–Crippen LogP) is 2.28. The minimum absolute atomic E-state index is 0.199. The van der Waals surface area contributed by atoms with Crippen molar-refractivity contribution in [1.29, 1.82) is 0 Å². The highest BCUT2D eigenvalue weighted by Crippen LogP contribution is 2.49. The Morgan fingerprint density at radius 3 is 2.57 bits per heavy atom. The van der Waals surface area contributed by atoms with E-state index in [1.165, 1.54) is 18.3 Å². The Morgan fingerprint density at radius 2 is 2.05 bits per heavy atom. The van der Waals surface area contributed by atoms with Gasteiger partial charge in [0.05, 0.1) is 5.69 Å². The van der Waals surface area contributed by atoms with Gasteiger partial charge in [-0.3, -0.25) is 0 Å². The first-order valence-corrected chi connectivity index (χ1v) is 8.00. The number of anilines is 1. The lowest BCUT2D eigenvalue weighted by Gasteiger charge is -2.21. The first kappa shape index (κ1) is 16.0. The number of hydrogen-bond acceptors (Lipinski definition) is 4. The van der Waals surface area contributed by atoms with E-state index in [1.807, 2.05) is 6.92 Å². The van der Waals surface area contributed by atoms with Gasteiger partial charge in [-0.05, 0) is 31.4 Å². The van der Waals surface area contributed by atoms with Crippen LogP contribution in [0.1, 0.15) is 26.2 Å². The van der Waals surface area contributed by atoms with Crippen LogP contribution in [0.4, 0.5) is 18.9 Å². The molecule has 0 atom stereocenters. The number of nitrogens with zero attached hydrogens (tertiary/aromatic N) is 1. The molecule has 9 heteroatoms. The molecule has 0 saturated heterocycles. The van der Waals surface area contributed by atoms with Crippen molar-refractivity contribution in [2.24, 2.45) is 0 Å². The maximum absolute atomic E-state index is 12.9. The van der Waals surface area contributed by atoms with Crippen LogP contribution in [0.25, 0.3) is 0 Å². The van der Waals surface area contributed by atoms with Gasteiger partial charge in [0, 0.05) is 12.7 Å². The summed E-state index contributed by atoms with van der Waals surface area (Å²) >= 11 is 0. The highest BCUT2D eigenvalue weighted by molar-refractivity contribution is 7.89. The molecule has 2 N–H and O–H groups in total. The molecule has 1 saturated carbocycles. The van der Waals surface area contributed by atoms with Gasteiger partial charge in [0.1, 0.15) is 5.54 Å². The first-order chi connectivity index (χ1) is 9.72. The first-order valence-electron chi connectivity index (χ1n) is 6.51. The summed E-state index contributed by atoms with van der Waals surface area (Å²) in [6, 6.07) is 3.00. The zero-order chi connectivity index (χ0) is 15.7. The summed E-state index contributed by atoms with van der Waals surface area (Å²) in [4.78, 5) is 3.72. The minimum Gasteiger partial charge on any atom is -0.383 e. The third-order valence-electron chi connectivity index (χ3n) is 3.21. The van der Waals surface area contributed by atoms with Gasteiger partial charge in [0.15, 0.2) is 5.03 Å². The number of alkyl halides is 3. The van der Waals surface area contributed by atoms with Crippen molar-refractivity contribution < 1.29 is 21.6 Å². The zero-order valence-electron chi connectivity index (χ0n) is 11.4. The van der Waals surface area contributed by atoms with Crippen LogP contribution in [-0.4, -0.2) is 31.7 Å².